The third-order valence-electron chi connectivity index (χ3n) is 2.87. The van der Waals surface area contributed by atoms with Crippen molar-refractivity contribution in [2.75, 3.05) is 6.61 Å². The van der Waals surface area contributed by atoms with E-state index in [1.807, 2.05) is 36.4 Å². The van der Waals surface area contributed by atoms with Crippen LogP contribution in [0.2, 0.25) is 10.0 Å². The Hall–Kier alpha value is -1.26. The average Bonchev–Trinajstić information content (AvgIpc) is 2.45. The van der Waals surface area contributed by atoms with Crippen LogP contribution in [0.25, 0.3) is 0 Å². The Morgan fingerprint density at radius 3 is 2.45 bits per heavy atom. The summed E-state index contributed by atoms with van der Waals surface area (Å²) in [6.45, 7) is 0.463. The number of hydrazine groups is 1. The van der Waals surface area contributed by atoms with E-state index < -0.39 is 0 Å². The molecule has 20 heavy (non-hydrogen) atoms. The zero-order chi connectivity index (χ0) is 14.4. The Bertz CT molecular complexity index is 546. The van der Waals surface area contributed by atoms with Crippen LogP contribution in [-0.4, -0.2) is 12.6 Å². The Morgan fingerprint density at radius 1 is 1.05 bits per heavy atom. The third kappa shape index (κ3) is 4.69. The Balaban J connectivity index is 1.90. The minimum atomic E-state index is 0.00384. The summed E-state index contributed by atoms with van der Waals surface area (Å²) >= 11 is 11.8. The number of hydrogen-bond donors (Lipinski definition) is 2. The smallest absolute Gasteiger partial charge is 0.119 e. The van der Waals surface area contributed by atoms with Gasteiger partial charge in [0.15, 0.2) is 0 Å². The van der Waals surface area contributed by atoms with Gasteiger partial charge >= 0.3 is 0 Å². The molecule has 0 radical (unpaired) electrons. The van der Waals surface area contributed by atoms with Crippen LogP contribution in [0.5, 0.6) is 5.75 Å². The maximum atomic E-state index is 5.96. The van der Waals surface area contributed by atoms with Gasteiger partial charge in [-0.05, 0) is 48.4 Å². The van der Waals surface area contributed by atoms with Crippen LogP contribution in [0.1, 0.15) is 5.56 Å². The minimum absolute atomic E-state index is 0.00384. The molecular weight excluding hydrogens is 295 g/mol. The van der Waals surface area contributed by atoms with Crippen molar-refractivity contribution < 1.29 is 4.74 Å². The summed E-state index contributed by atoms with van der Waals surface area (Å²) in [5, 5.41) is 1.40. The number of nitrogens with two attached hydrogens (primary N) is 1. The third-order valence-corrected chi connectivity index (χ3v) is 3.36. The standard InChI is InChI=1S/C15H16Cl2N2O/c16-12-4-6-15(7-5-12)20-10-14(19-18)9-11-2-1-3-13(17)8-11/h1-8,14,19H,9-10,18H2. The van der Waals surface area contributed by atoms with Gasteiger partial charge in [-0.1, -0.05) is 35.3 Å². The Labute approximate surface area is 128 Å². The van der Waals surface area contributed by atoms with E-state index in [9.17, 15) is 0 Å². The highest BCUT2D eigenvalue weighted by atomic mass is 35.5. The number of rotatable bonds is 6. The predicted molar refractivity (Wildman–Crippen MR) is 83.2 cm³/mol. The number of benzene rings is 2. The summed E-state index contributed by atoms with van der Waals surface area (Å²) in [6.07, 6.45) is 0.741. The van der Waals surface area contributed by atoms with Crippen molar-refractivity contribution in [1.82, 2.24) is 5.43 Å². The van der Waals surface area contributed by atoms with Crippen LogP contribution in [0.3, 0.4) is 0 Å². The maximum absolute atomic E-state index is 5.96. The highest BCUT2D eigenvalue weighted by molar-refractivity contribution is 6.30. The molecule has 0 fully saturated rings. The fraction of sp³-hybridized carbons (Fsp3) is 0.200. The van der Waals surface area contributed by atoms with Crippen molar-refractivity contribution in [3.05, 3.63) is 64.1 Å². The van der Waals surface area contributed by atoms with Crippen molar-refractivity contribution in [3.63, 3.8) is 0 Å². The summed E-state index contributed by atoms with van der Waals surface area (Å²) in [6, 6.07) is 14.9. The molecule has 2 aromatic rings. The highest BCUT2D eigenvalue weighted by Crippen LogP contribution is 2.16. The predicted octanol–water partition coefficient (Wildman–Crippen LogP) is 3.45. The van der Waals surface area contributed by atoms with Crippen molar-refractivity contribution in [2.45, 2.75) is 12.5 Å². The first-order valence-corrected chi connectivity index (χ1v) is 7.02. The van der Waals surface area contributed by atoms with Gasteiger partial charge in [0.25, 0.3) is 0 Å². The second kappa shape index (κ2) is 7.50. The second-order valence-corrected chi connectivity index (χ2v) is 5.34. The molecule has 0 amide bonds. The summed E-state index contributed by atoms with van der Waals surface area (Å²) in [7, 11) is 0. The summed E-state index contributed by atoms with van der Waals surface area (Å²) in [5.74, 6) is 6.33. The van der Waals surface area contributed by atoms with Crippen molar-refractivity contribution in [3.8, 4) is 5.75 Å². The fourth-order valence-electron chi connectivity index (χ4n) is 1.84. The van der Waals surface area contributed by atoms with Gasteiger partial charge in [-0.25, -0.2) is 0 Å². The topological polar surface area (TPSA) is 47.3 Å². The largest absolute Gasteiger partial charge is 0.492 e. The van der Waals surface area contributed by atoms with Crippen LogP contribution in [0.4, 0.5) is 0 Å². The van der Waals surface area contributed by atoms with Gasteiger partial charge in [-0.15, -0.1) is 0 Å². The summed E-state index contributed by atoms with van der Waals surface area (Å²) in [4.78, 5) is 0. The van der Waals surface area contributed by atoms with Crippen LogP contribution in [-0.2, 0) is 6.42 Å². The molecule has 0 aliphatic carbocycles. The zero-order valence-corrected chi connectivity index (χ0v) is 12.4. The molecule has 5 heteroatoms. The van der Waals surface area contributed by atoms with E-state index in [4.69, 9.17) is 33.8 Å². The first kappa shape index (κ1) is 15.1. The highest BCUT2D eigenvalue weighted by Gasteiger charge is 2.09. The van der Waals surface area contributed by atoms with E-state index >= 15 is 0 Å². The van der Waals surface area contributed by atoms with Crippen LogP contribution in [0, 0.1) is 0 Å². The van der Waals surface area contributed by atoms with Gasteiger partial charge in [-0.2, -0.15) is 0 Å². The molecule has 0 spiro atoms. The van der Waals surface area contributed by atoms with E-state index in [0.717, 1.165) is 22.8 Å². The molecule has 0 aliphatic rings. The Morgan fingerprint density at radius 2 is 1.80 bits per heavy atom. The van der Waals surface area contributed by atoms with Crippen molar-refractivity contribution in [1.29, 1.82) is 0 Å². The normalized spacial score (nSPS) is 12.2. The van der Waals surface area contributed by atoms with Crippen LogP contribution < -0.4 is 16.0 Å². The number of ether oxygens (including phenoxy) is 1. The van der Waals surface area contributed by atoms with Crippen LogP contribution >= 0.6 is 23.2 Å². The quantitative estimate of drug-likeness (QED) is 0.634. The molecule has 0 saturated heterocycles. The van der Waals surface area contributed by atoms with Gasteiger partial charge in [0.05, 0.1) is 6.04 Å². The molecule has 0 saturated carbocycles. The molecule has 2 rings (SSSR count). The van der Waals surface area contributed by atoms with E-state index in [-0.39, 0.29) is 6.04 Å². The lowest BCUT2D eigenvalue weighted by molar-refractivity contribution is 0.264. The molecule has 0 aliphatic heterocycles. The van der Waals surface area contributed by atoms with Gasteiger partial charge < -0.3 is 4.74 Å². The van der Waals surface area contributed by atoms with E-state index in [1.165, 1.54) is 0 Å². The molecule has 0 bridgehead atoms. The van der Waals surface area contributed by atoms with E-state index in [2.05, 4.69) is 5.43 Å². The molecule has 3 nitrogen and oxygen atoms in total. The second-order valence-electron chi connectivity index (χ2n) is 4.46. The monoisotopic (exact) mass is 310 g/mol. The lowest BCUT2D eigenvalue weighted by Gasteiger charge is -2.17. The Kier molecular flexibility index (Phi) is 5.68. The minimum Gasteiger partial charge on any atom is -0.492 e. The average molecular weight is 311 g/mol. The molecule has 2 aromatic carbocycles. The number of hydrogen-bond acceptors (Lipinski definition) is 3. The maximum Gasteiger partial charge on any atom is 0.119 e. The summed E-state index contributed by atoms with van der Waals surface area (Å²) < 4.78 is 5.68. The van der Waals surface area contributed by atoms with Crippen molar-refractivity contribution in [2.24, 2.45) is 5.84 Å². The van der Waals surface area contributed by atoms with Gasteiger partial charge in [0, 0.05) is 10.0 Å². The molecule has 1 unspecified atom stereocenters. The first-order chi connectivity index (χ1) is 9.67. The fourth-order valence-corrected chi connectivity index (χ4v) is 2.18. The zero-order valence-electron chi connectivity index (χ0n) is 10.9. The SMILES string of the molecule is NNC(COc1ccc(Cl)cc1)Cc1cccc(Cl)c1. The van der Waals surface area contributed by atoms with Gasteiger partial charge in [0.2, 0.25) is 0 Å². The molecule has 3 N–H and O–H groups in total. The number of nitrogens with one attached hydrogen (secondary N) is 1. The van der Waals surface area contributed by atoms with E-state index in [0.29, 0.717) is 11.6 Å². The molecule has 0 aromatic heterocycles. The lowest BCUT2D eigenvalue weighted by Crippen LogP contribution is -2.41. The van der Waals surface area contributed by atoms with Gasteiger partial charge in [-0.3, -0.25) is 11.3 Å². The molecule has 0 heterocycles. The summed E-state index contributed by atoms with van der Waals surface area (Å²) in [5.41, 5.74) is 3.87. The van der Waals surface area contributed by atoms with Gasteiger partial charge in [0.1, 0.15) is 12.4 Å². The molecule has 106 valence electrons. The number of halogens is 2. The lowest BCUT2D eigenvalue weighted by atomic mass is 10.1. The first-order valence-electron chi connectivity index (χ1n) is 6.26. The van der Waals surface area contributed by atoms with Crippen molar-refractivity contribution >= 4 is 23.2 Å². The molecule has 1 atom stereocenters. The van der Waals surface area contributed by atoms with E-state index in [1.54, 1.807) is 12.1 Å². The molecular formula is C15H16Cl2N2O. The van der Waals surface area contributed by atoms with Crippen LogP contribution in [0.15, 0.2) is 48.5 Å².